The van der Waals surface area contributed by atoms with Gasteiger partial charge in [-0.1, -0.05) is 5.92 Å². The van der Waals surface area contributed by atoms with Crippen LogP contribution >= 0.6 is 0 Å². The van der Waals surface area contributed by atoms with E-state index in [4.69, 9.17) is 11.5 Å². The molecular formula is C12H17NO3. The summed E-state index contributed by atoms with van der Waals surface area (Å²) < 4.78 is 0. The molecule has 1 aliphatic carbocycles. The first-order chi connectivity index (χ1) is 7.54. The minimum absolute atomic E-state index is 0.0470. The van der Waals surface area contributed by atoms with E-state index in [2.05, 4.69) is 11.2 Å². The molecule has 1 amide bonds. The highest BCUT2D eigenvalue weighted by Crippen LogP contribution is 2.28. The molecule has 0 radical (unpaired) electrons. The van der Waals surface area contributed by atoms with Crippen LogP contribution in [0.4, 0.5) is 0 Å². The van der Waals surface area contributed by atoms with Gasteiger partial charge in [0.2, 0.25) is 5.91 Å². The van der Waals surface area contributed by atoms with Crippen molar-refractivity contribution in [2.45, 2.75) is 38.6 Å². The second-order valence-corrected chi connectivity index (χ2v) is 4.28. The number of carboxylic acids is 1. The van der Waals surface area contributed by atoms with Crippen LogP contribution < -0.4 is 5.32 Å². The zero-order valence-electron chi connectivity index (χ0n) is 9.40. The maximum Gasteiger partial charge on any atom is 0.306 e. The smallest absolute Gasteiger partial charge is 0.306 e. The Labute approximate surface area is 95.4 Å². The molecule has 1 rings (SSSR count). The average Bonchev–Trinajstić information content (AvgIpc) is 2.28. The summed E-state index contributed by atoms with van der Waals surface area (Å²) in [7, 11) is 0. The molecule has 2 N–H and O–H groups in total. The number of hydrogen-bond donors (Lipinski definition) is 2. The van der Waals surface area contributed by atoms with Crippen LogP contribution in [0.3, 0.4) is 0 Å². The van der Waals surface area contributed by atoms with Gasteiger partial charge in [0.25, 0.3) is 0 Å². The molecule has 4 heteroatoms. The summed E-state index contributed by atoms with van der Waals surface area (Å²) in [5.74, 6) is 1.27. The molecule has 0 bridgehead atoms. The van der Waals surface area contributed by atoms with Crippen LogP contribution in [0.25, 0.3) is 0 Å². The van der Waals surface area contributed by atoms with Crippen molar-refractivity contribution < 1.29 is 14.7 Å². The summed E-state index contributed by atoms with van der Waals surface area (Å²) >= 11 is 0. The molecule has 0 aromatic rings. The predicted octanol–water partition coefficient (Wildman–Crippen LogP) is 1.02. The fourth-order valence-electron chi connectivity index (χ4n) is 1.98. The van der Waals surface area contributed by atoms with E-state index in [1.54, 1.807) is 6.92 Å². The molecule has 0 aromatic carbocycles. The van der Waals surface area contributed by atoms with E-state index >= 15 is 0 Å². The molecule has 0 heterocycles. The summed E-state index contributed by atoms with van der Waals surface area (Å²) in [5, 5.41) is 11.5. The highest BCUT2D eigenvalue weighted by Gasteiger charge is 2.29. The Kier molecular flexibility index (Phi) is 4.36. The number of rotatable bonds is 3. The van der Waals surface area contributed by atoms with Crippen molar-refractivity contribution in [3.63, 3.8) is 0 Å². The van der Waals surface area contributed by atoms with E-state index in [0.29, 0.717) is 25.7 Å². The lowest BCUT2D eigenvalue weighted by Crippen LogP contribution is -2.38. The first kappa shape index (κ1) is 12.6. The number of amides is 1. The molecule has 1 unspecified atom stereocenters. The van der Waals surface area contributed by atoms with Gasteiger partial charge in [-0.3, -0.25) is 9.59 Å². The molecular weight excluding hydrogens is 206 g/mol. The quantitative estimate of drug-likeness (QED) is 0.702. The van der Waals surface area contributed by atoms with Gasteiger partial charge in [-0.25, -0.2) is 0 Å². The zero-order valence-corrected chi connectivity index (χ0v) is 9.40. The standard InChI is InChI=1S/C12H17NO3/c1-3-8(2)13-11(14)9-4-6-10(7-5-9)12(15)16/h1,8-10H,4-7H2,2H3,(H,13,14)(H,15,16). The van der Waals surface area contributed by atoms with Crippen molar-refractivity contribution in [3.05, 3.63) is 0 Å². The van der Waals surface area contributed by atoms with E-state index in [9.17, 15) is 9.59 Å². The van der Waals surface area contributed by atoms with Crippen molar-refractivity contribution in [1.29, 1.82) is 0 Å². The molecule has 1 atom stereocenters. The Bertz CT molecular complexity index is 311. The van der Waals surface area contributed by atoms with Gasteiger partial charge in [-0.05, 0) is 32.6 Å². The summed E-state index contributed by atoms with van der Waals surface area (Å²) in [5.41, 5.74) is 0. The van der Waals surface area contributed by atoms with Crippen LogP contribution in [0.1, 0.15) is 32.6 Å². The highest BCUT2D eigenvalue weighted by molar-refractivity contribution is 5.79. The van der Waals surface area contributed by atoms with Gasteiger partial charge in [0, 0.05) is 5.92 Å². The van der Waals surface area contributed by atoms with Gasteiger partial charge < -0.3 is 10.4 Å². The largest absolute Gasteiger partial charge is 0.481 e. The van der Waals surface area contributed by atoms with Gasteiger partial charge in [-0.15, -0.1) is 6.42 Å². The molecule has 0 saturated heterocycles. The minimum atomic E-state index is -0.754. The van der Waals surface area contributed by atoms with Gasteiger partial charge >= 0.3 is 5.97 Å². The molecule has 1 aliphatic rings. The van der Waals surface area contributed by atoms with Gasteiger partial charge in [-0.2, -0.15) is 0 Å². The number of aliphatic carboxylic acids is 1. The summed E-state index contributed by atoms with van der Waals surface area (Å²) in [6.07, 6.45) is 7.61. The van der Waals surface area contributed by atoms with Gasteiger partial charge in [0.05, 0.1) is 12.0 Å². The fourth-order valence-corrected chi connectivity index (χ4v) is 1.98. The Morgan fingerprint density at radius 3 is 2.25 bits per heavy atom. The van der Waals surface area contributed by atoms with E-state index < -0.39 is 5.97 Å². The number of hydrogen-bond acceptors (Lipinski definition) is 2. The Morgan fingerprint density at radius 2 is 1.81 bits per heavy atom. The summed E-state index contributed by atoms with van der Waals surface area (Å²) in [6, 6.07) is -0.260. The molecule has 0 aromatic heterocycles. The van der Waals surface area contributed by atoms with Crippen molar-refractivity contribution in [1.82, 2.24) is 5.32 Å². The first-order valence-electron chi connectivity index (χ1n) is 5.54. The number of carbonyl (C=O) groups excluding carboxylic acids is 1. The summed E-state index contributed by atoms with van der Waals surface area (Å²) in [6.45, 7) is 1.75. The topological polar surface area (TPSA) is 66.4 Å². The van der Waals surface area contributed by atoms with E-state index in [0.717, 1.165) is 0 Å². The predicted molar refractivity (Wildman–Crippen MR) is 59.5 cm³/mol. The van der Waals surface area contributed by atoms with E-state index in [-0.39, 0.29) is 23.8 Å². The lowest BCUT2D eigenvalue weighted by atomic mass is 9.81. The summed E-state index contributed by atoms with van der Waals surface area (Å²) in [4.78, 5) is 22.4. The third-order valence-electron chi connectivity index (χ3n) is 3.06. The maximum absolute atomic E-state index is 11.7. The van der Waals surface area contributed by atoms with Crippen molar-refractivity contribution in [3.8, 4) is 12.3 Å². The maximum atomic E-state index is 11.7. The Hall–Kier alpha value is -1.50. The molecule has 16 heavy (non-hydrogen) atoms. The van der Waals surface area contributed by atoms with Gasteiger partial charge in [0.15, 0.2) is 0 Å². The molecule has 4 nitrogen and oxygen atoms in total. The van der Waals surface area contributed by atoms with E-state index in [1.807, 2.05) is 0 Å². The number of carboxylic acid groups (broad SMARTS) is 1. The average molecular weight is 223 g/mol. The van der Waals surface area contributed by atoms with Crippen LogP contribution in [-0.2, 0) is 9.59 Å². The molecule has 88 valence electrons. The second-order valence-electron chi connectivity index (χ2n) is 4.28. The minimum Gasteiger partial charge on any atom is -0.481 e. The molecule has 0 spiro atoms. The van der Waals surface area contributed by atoms with Crippen LogP contribution in [0.5, 0.6) is 0 Å². The van der Waals surface area contributed by atoms with Crippen LogP contribution in [0.15, 0.2) is 0 Å². The number of nitrogens with one attached hydrogen (secondary N) is 1. The molecule has 0 aliphatic heterocycles. The Balaban J connectivity index is 2.39. The number of terminal acetylenes is 1. The molecule has 1 fully saturated rings. The van der Waals surface area contributed by atoms with Crippen LogP contribution in [0.2, 0.25) is 0 Å². The van der Waals surface area contributed by atoms with Crippen molar-refractivity contribution in [2.75, 3.05) is 0 Å². The molecule has 1 saturated carbocycles. The second kappa shape index (κ2) is 5.55. The number of carbonyl (C=O) groups is 2. The lowest BCUT2D eigenvalue weighted by molar-refractivity contribution is -0.144. The van der Waals surface area contributed by atoms with Crippen LogP contribution in [0, 0.1) is 24.2 Å². The van der Waals surface area contributed by atoms with Crippen molar-refractivity contribution >= 4 is 11.9 Å². The first-order valence-corrected chi connectivity index (χ1v) is 5.54. The van der Waals surface area contributed by atoms with Crippen molar-refractivity contribution in [2.24, 2.45) is 11.8 Å². The Morgan fingerprint density at radius 1 is 1.31 bits per heavy atom. The van der Waals surface area contributed by atoms with Crippen LogP contribution in [-0.4, -0.2) is 23.0 Å². The normalized spacial score (nSPS) is 26.5. The third-order valence-corrected chi connectivity index (χ3v) is 3.06. The third kappa shape index (κ3) is 3.27. The lowest BCUT2D eigenvalue weighted by Gasteiger charge is -2.25. The van der Waals surface area contributed by atoms with Gasteiger partial charge in [0.1, 0.15) is 0 Å². The SMILES string of the molecule is C#CC(C)NC(=O)C1CCC(C(=O)O)CC1. The highest BCUT2D eigenvalue weighted by atomic mass is 16.4. The fraction of sp³-hybridized carbons (Fsp3) is 0.667. The monoisotopic (exact) mass is 223 g/mol. The van der Waals surface area contributed by atoms with E-state index in [1.165, 1.54) is 0 Å². The zero-order chi connectivity index (χ0) is 12.1.